The summed E-state index contributed by atoms with van der Waals surface area (Å²) in [6, 6.07) is 4.57. The van der Waals surface area contributed by atoms with Gasteiger partial charge in [0.15, 0.2) is 0 Å². The monoisotopic (exact) mass is 289 g/mol. The van der Waals surface area contributed by atoms with E-state index >= 15 is 0 Å². The predicted molar refractivity (Wildman–Crippen MR) is 82.3 cm³/mol. The number of nitrogens with one attached hydrogen (secondary N) is 2. The first-order valence-electron chi connectivity index (χ1n) is 7.73. The zero-order chi connectivity index (χ0) is 14.7. The van der Waals surface area contributed by atoms with Crippen molar-refractivity contribution in [2.45, 2.75) is 25.9 Å². The van der Waals surface area contributed by atoms with Crippen molar-refractivity contribution in [1.29, 1.82) is 0 Å². The number of fused-ring (bicyclic) bond motifs is 1. The number of hydrogen-bond acceptors (Lipinski definition) is 4. The summed E-state index contributed by atoms with van der Waals surface area (Å²) in [6.07, 6.45) is 3.09. The van der Waals surface area contributed by atoms with E-state index in [1.807, 2.05) is 11.1 Å². The van der Waals surface area contributed by atoms with Crippen molar-refractivity contribution >= 4 is 11.8 Å². The van der Waals surface area contributed by atoms with Crippen LogP contribution >= 0.6 is 0 Å². The lowest BCUT2D eigenvalue weighted by Gasteiger charge is -2.37. The highest BCUT2D eigenvalue weighted by atomic mass is 16.2. The van der Waals surface area contributed by atoms with Gasteiger partial charge in [-0.25, -0.2) is 9.78 Å². The average Bonchev–Trinajstić information content (AvgIpc) is 2.89. The minimum absolute atomic E-state index is 0.0740. The number of pyridine rings is 1. The van der Waals surface area contributed by atoms with Gasteiger partial charge in [-0.3, -0.25) is 0 Å². The third kappa shape index (κ3) is 3.10. The van der Waals surface area contributed by atoms with Gasteiger partial charge in [0.1, 0.15) is 5.82 Å². The number of carbonyl (C=O) groups excluding carboxylic acids is 1. The SMILES string of the molecule is CCCNCc1ccc(N2CCN3C(=O)NCC3C2)nc1. The van der Waals surface area contributed by atoms with Crippen LogP contribution in [0.25, 0.3) is 0 Å². The summed E-state index contributed by atoms with van der Waals surface area (Å²) in [5.41, 5.74) is 1.21. The molecule has 2 aliphatic heterocycles. The molecule has 1 unspecified atom stereocenters. The second-order valence-electron chi connectivity index (χ2n) is 5.68. The molecule has 2 aliphatic rings. The Morgan fingerprint density at radius 2 is 2.33 bits per heavy atom. The van der Waals surface area contributed by atoms with E-state index in [1.54, 1.807) is 0 Å². The zero-order valence-electron chi connectivity index (χ0n) is 12.5. The van der Waals surface area contributed by atoms with Gasteiger partial charge in [-0.05, 0) is 24.6 Å². The molecule has 1 aromatic heterocycles. The molecule has 2 N–H and O–H groups in total. The summed E-state index contributed by atoms with van der Waals surface area (Å²) in [5, 5.41) is 6.28. The van der Waals surface area contributed by atoms with Gasteiger partial charge in [-0.15, -0.1) is 0 Å². The van der Waals surface area contributed by atoms with Crippen LogP contribution in [0.5, 0.6) is 0 Å². The normalized spacial score (nSPS) is 21.4. The van der Waals surface area contributed by atoms with E-state index in [9.17, 15) is 4.79 Å². The Kier molecular flexibility index (Phi) is 4.24. The largest absolute Gasteiger partial charge is 0.353 e. The Bertz CT molecular complexity index is 489. The van der Waals surface area contributed by atoms with Crippen molar-refractivity contribution in [3.8, 4) is 0 Å². The lowest BCUT2D eigenvalue weighted by atomic mass is 10.2. The van der Waals surface area contributed by atoms with Gasteiger partial charge in [-0.2, -0.15) is 0 Å². The van der Waals surface area contributed by atoms with Crippen LogP contribution in [0.4, 0.5) is 10.6 Å². The maximum atomic E-state index is 11.6. The number of urea groups is 1. The van der Waals surface area contributed by atoms with E-state index in [0.29, 0.717) is 0 Å². The molecule has 1 aromatic rings. The summed E-state index contributed by atoms with van der Waals surface area (Å²) >= 11 is 0. The lowest BCUT2D eigenvalue weighted by Crippen LogP contribution is -2.52. The van der Waals surface area contributed by atoms with E-state index in [2.05, 4.69) is 39.6 Å². The molecule has 114 valence electrons. The Labute approximate surface area is 125 Å². The molecule has 3 rings (SSSR count). The van der Waals surface area contributed by atoms with Crippen LogP contribution in [0.3, 0.4) is 0 Å². The van der Waals surface area contributed by atoms with Crippen LogP contribution in [0.1, 0.15) is 18.9 Å². The maximum Gasteiger partial charge on any atom is 0.317 e. The zero-order valence-corrected chi connectivity index (χ0v) is 12.5. The van der Waals surface area contributed by atoms with Gasteiger partial charge in [0, 0.05) is 38.9 Å². The summed E-state index contributed by atoms with van der Waals surface area (Å²) in [7, 11) is 0. The third-order valence-electron chi connectivity index (χ3n) is 4.12. The number of rotatable bonds is 5. The van der Waals surface area contributed by atoms with Crippen LogP contribution in [-0.4, -0.2) is 54.7 Å². The van der Waals surface area contributed by atoms with E-state index in [0.717, 1.165) is 51.5 Å². The summed E-state index contributed by atoms with van der Waals surface area (Å²) in [6.45, 7) is 7.30. The second kappa shape index (κ2) is 6.30. The fraction of sp³-hybridized carbons (Fsp3) is 0.600. The van der Waals surface area contributed by atoms with E-state index < -0.39 is 0 Å². The summed E-state index contributed by atoms with van der Waals surface area (Å²) in [5.74, 6) is 1.01. The third-order valence-corrected chi connectivity index (χ3v) is 4.12. The Morgan fingerprint density at radius 1 is 1.43 bits per heavy atom. The average molecular weight is 289 g/mol. The molecule has 1 atom stereocenters. The summed E-state index contributed by atoms with van der Waals surface area (Å²) in [4.78, 5) is 20.4. The number of piperazine rings is 1. The Hall–Kier alpha value is -1.82. The smallest absolute Gasteiger partial charge is 0.317 e. The molecule has 2 saturated heterocycles. The van der Waals surface area contributed by atoms with Gasteiger partial charge >= 0.3 is 6.03 Å². The number of aromatic nitrogens is 1. The minimum atomic E-state index is 0.0740. The van der Waals surface area contributed by atoms with Crippen LogP contribution in [0.15, 0.2) is 18.3 Å². The molecule has 2 fully saturated rings. The molecule has 0 radical (unpaired) electrons. The number of amides is 2. The Balaban J connectivity index is 1.58. The summed E-state index contributed by atoms with van der Waals surface area (Å²) < 4.78 is 0. The number of carbonyl (C=O) groups is 1. The van der Waals surface area contributed by atoms with Gasteiger partial charge in [0.25, 0.3) is 0 Å². The van der Waals surface area contributed by atoms with Crippen LogP contribution in [0.2, 0.25) is 0 Å². The van der Waals surface area contributed by atoms with Crippen molar-refractivity contribution < 1.29 is 4.79 Å². The first kappa shape index (κ1) is 14.1. The number of anilines is 1. The van der Waals surface area contributed by atoms with E-state index in [-0.39, 0.29) is 12.1 Å². The molecular formula is C15H23N5O. The fourth-order valence-corrected chi connectivity index (χ4v) is 2.93. The van der Waals surface area contributed by atoms with Crippen molar-refractivity contribution in [2.24, 2.45) is 0 Å². The topological polar surface area (TPSA) is 60.5 Å². The number of nitrogens with zero attached hydrogens (tertiary/aromatic N) is 3. The van der Waals surface area contributed by atoms with Crippen molar-refractivity contribution in [3.05, 3.63) is 23.9 Å². The second-order valence-corrected chi connectivity index (χ2v) is 5.68. The van der Waals surface area contributed by atoms with Crippen molar-refractivity contribution in [2.75, 3.05) is 37.6 Å². The molecule has 0 aromatic carbocycles. The fourth-order valence-electron chi connectivity index (χ4n) is 2.93. The van der Waals surface area contributed by atoms with Crippen molar-refractivity contribution in [1.82, 2.24) is 20.5 Å². The van der Waals surface area contributed by atoms with Gasteiger partial charge in [0.2, 0.25) is 0 Å². The molecule has 2 amide bonds. The molecule has 21 heavy (non-hydrogen) atoms. The first-order valence-corrected chi connectivity index (χ1v) is 7.73. The van der Waals surface area contributed by atoms with E-state index in [1.165, 1.54) is 5.56 Å². The number of hydrogen-bond donors (Lipinski definition) is 2. The molecule has 6 nitrogen and oxygen atoms in total. The lowest BCUT2D eigenvalue weighted by molar-refractivity contribution is 0.197. The van der Waals surface area contributed by atoms with Crippen molar-refractivity contribution in [3.63, 3.8) is 0 Å². The maximum absolute atomic E-state index is 11.6. The molecular weight excluding hydrogens is 266 g/mol. The quantitative estimate of drug-likeness (QED) is 0.787. The minimum Gasteiger partial charge on any atom is -0.353 e. The Morgan fingerprint density at radius 3 is 3.10 bits per heavy atom. The molecule has 0 bridgehead atoms. The molecule has 0 aliphatic carbocycles. The first-order chi connectivity index (χ1) is 10.3. The highest BCUT2D eigenvalue weighted by Gasteiger charge is 2.35. The molecule has 6 heteroatoms. The van der Waals surface area contributed by atoms with Gasteiger partial charge < -0.3 is 20.4 Å². The van der Waals surface area contributed by atoms with E-state index in [4.69, 9.17) is 0 Å². The molecule has 0 spiro atoms. The van der Waals surface area contributed by atoms with Crippen LogP contribution in [0, 0.1) is 0 Å². The molecule has 3 heterocycles. The van der Waals surface area contributed by atoms with Crippen LogP contribution in [-0.2, 0) is 6.54 Å². The predicted octanol–water partition coefficient (Wildman–Crippen LogP) is 0.795. The highest BCUT2D eigenvalue weighted by Crippen LogP contribution is 2.19. The standard InChI is InChI=1S/C15H23N5O/c1-2-5-16-8-12-3-4-14(17-9-12)19-6-7-20-13(11-19)10-18-15(20)21/h3-4,9,13,16H,2,5-8,10-11H2,1H3,(H,18,21). The van der Waals surface area contributed by atoms with Gasteiger partial charge in [0.05, 0.1) is 6.04 Å². The molecule has 0 saturated carbocycles. The highest BCUT2D eigenvalue weighted by molar-refractivity contribution is 5.77. The van der Waals surface area contributed by atoms with Crippen LogP contribution < -0.4 is 15.5 Å². The van der Waals surface area contributed by atoms with Gasteiger partial charge in [-0.1, -0.05) is 13.0 Å².